The van der Waals surface area contributed by atoms with Gasteiger partial charge in [0.25, 0.3) is 0 Å². The molecule has 0 aliphatic rings. The van der Waals surface area contributed by atoms with Crippen LogP contribution in [0.15, 0.2) is 76.3 Å². The minimum absolute atomic E-state index is 0.187. The highest BCUT2D eigenvalue weighted by Gasteiger charge is 2.17. The van der Waals surface area contributed by atoms with Crippen LogP contribution in [0.4, 0.5) is 0 Å². The number of aryl methyl sites for hydroxylation is 1. The van der Waals surface area contributed by atoms with E-state index < -0.39 is 0 Å². The van der Waals surface area contributed by atoms with E-state index in [-0.39, 0.29) is 11.7 Å². The quantitative estimate of drug-likeness (QED) is 0.432. The van der Waals surface area contributed by atoms with Gasteiger partial charge in [0.1, 0.15) is 11.6 Å². The van der Waals surface area contributed by atoms with Gasteiger partial charge in [-0.25, -0.2) is 4.68 Å². The number of hydrogen-bond donors (Lipinski definition) is 1. The molecule has 4 rings (SSSR count). The number of benzene rings is 2. The Morgan fingerprint density at radius 1 is 1.10 bits per heavy atom. The number of aromatic nitrogens is 3. The number of nitrogens with zero attached hydrogens (tertiary/aromatic N) is 3. The third-order valence-corrected chi connectivity index (χ3v) is 5.39. The molecule has 0 saturated carbocycles. The van der Waals surface area contributed by atoms with E-state index in [0.717, 1.165) is 11.1 Å². The van der Waals surface area contributed by atoms with Crippen molar-refractivity contribution < 1.29 is 9.21 Å². The van der Waals surface area contributed by atoms with E-state index >= 15 is 0 Å². The molecule has 29 heavy (non-hydrogen) atoms. The van der Waals surface area contributed by atoms with E-state index in [9.17, 15) is 4.79 Å². The van der Waals surface area contributed by atoms with Crippen LogP contribution in [0.25, 0.3) is 11.3 Å². The Morgan fingerprint density at radius 2 is 1.93 bits per heavy atom. The van der Waals surface area contributed by atoms with Gasteiger partial charge in [-0.15, -0.1) is 10.2 Å². The summed E-state index contributed by atoms with van der Waals surface area (Å²) in [7, 11) is 0. The van der Waals surface area contributed by atoms with Crippen molar-refractivity contribution in [1.29, 1.82) is 0 Å². The van der Waals surface area contributed by atoms with Crippen LogP contribution < -0.4 is 5.43 Å². The third kappa shape index (κ3) is 4.52. The summed E-state index contributed by atoms with van der Waals surface area (Å²) < 4.78 is 7.28. The molecule has 1 amide bonds. The normalized spacial score (nSPS) is 10.8. The molecule has 8 heteroatoms. The monoisotopic (exact) mass is 424 g/mol. The first-order valence-corrected chi connectivity index (χ1v) is 10.2. The Bertz CT molecular complexity index is 1140. The summed E-state index contributed by atoms with van der Waals surface area (Å²) >= 11 is 7.52. The van der Waals surface area contributed by atoms with Crippen LogP contribution in [0.1, 0.15) is 21.9 Å². The molecule has 0 saturated heterocycles. The lowest BCUT2D eigenvalue weighted by Gasteiger charge is -2.09. The number of carbonyl (C=O) groups is 1. The van der Waals surface area contributed by atoms with Gasteiger partial charge < -0.3 is 4.42 Å². The number of halogens is 1. The Hall–Kier alpha value is -3.03. The number of amides is 1. The van der Waals surface area contributed by atoms with Gasteiger partial charge in [-0.1, -0.05) is 65.8 Å². The molecule has 146 valence electrons. The van der Waals surface area contributed by atoms with Crippen LogP contribution in [0, 0.1) is 6.92 Å². The van der Waals surface area contributed by atoms with Gasteiger partial charge in [-0.05, 0) is 36.8 Å². The molecule has 0 atom stereocenters. The van der Waals surface area contributed by atoms with Crippen LogP contribution in [-0.2, 0) is 5.75 Å². The SMILES string of the molecule is Cc1nnc(SCc2ccccc2)n1NC(=O)c1ccc(-c2cccc(Cl)c2)o1. The molecule has 2 aromatic heterocycles. The Kier molecular flexibility index (Phi) is 5.69. The molecular weight excluding hydrogens is 408 g/mol. The van der Waals surface area contributed by atoms with Crippen molar-refractivity contribution in [2.24, 2.45) is 0 Å². The van der Waals surface area contributed by atoms with Crippen LogP contribution in [0.5, 0.6) is 0 Å². The van der Waals surface area contributed by atoms with Crippen molar-refractivity contribution in [2.45, 2.75) is 17.8 Å². The van der Waals surface area contributed by atoms with Crippen molar-refractivity contribution in [1.82, 2.24) is 14.9 Å². The maximum absolute atomic E-state index is 12.7. The summed E-state index contributed by atoms with van der Waals surface area (Å²) in [5.41, 5.74) is 4.76. The summed E-state index contributed by atoms with van der Waals surface area (Å²) in [6.45, 7) is 1.78. The number of hydrogen-bond acceptors (Lipinski definition) is 5. The van der Waals surface area contributed by atoms with Crippen LogP contribution in [0.2, 0.25) is 5.02 Å². The molecule has 0 aliphatic heterocycles. The van der Waals surface area contributed by atoms with Gasteiger partial charge in [0.05, 0.1) is 0 Å². The van der Waals surface area contributed by atoms with Gasteiger partial charge in [-0.3, -0.25) is 10.2 Å². The summed E-state index contributed by atoms with van der Waals surface area (Å²) in [5, 5.41) is 9.43. The molecule has 4 aromatic rings. The minimum Gasteiger partial charge on any atom is -0.451 e. The smallest absolute Gasteiger partial charge is 0.305 e. The molecule has 2 heterocycles. The Labute approximate surface area is 176 Å². The lowest BCUT2D eigenvalue weighted by Crippen LogP contribution is -2.24. The standard InChI is InChI=1S/C21H17ClN4O2S/c1-14-23-24-21(29-13-15-6-3-2-4-7-15)26(14)25-20(27)19-11-10-18(28-19)16-8-5-9-17(22)12-16/h2-12H,13H2,1H3,(H,25,27). The van der Waals surface area contributed by atoms with Gasteiger partial charge >= 0.3 is 5.91 Å². The maximum atomic E-state index is 12.7. The van der Waals surface area contributed by atoms with E-state index in [1.54, 1.807) is 35.9 Å². The highest BCUT2D eigenvalue weighted by Crippen LogP contribution is 2.25. The zero-order chi connectivity index (χ0) is 20.2. The fraction of sp³-hybridized carbons (Fsp3) is 0.0952. The number of thioether (sulfide) groups is 1. The van der Waals surface area contributed by atoms with E-state index in [1.165, 1.54) is 11.8 Å². The third-order valence-electron chi connectivity index (χ3n) is 4.16. The zero-order valence-corrected chi connectivity index (χ0v) is 17.1. The van der Waals surface area contributed by atoms with E-state index in [2.05, 4.69) is 15.6 Å². The van der Waals surface area contributed by atoms with Gasteiger partial charge in [0, 0.05) is 16.3 Å². The fourth-order valence-electron chi connectivity index (χ4n) is 2.70. The van der Waals surface area contributed by atoms with Crippen molar-refractivity contribution in [3.8, 4) is 11.3 Å². The number of nitrogens with one attached hydrogen (secondary N) is 1. The van der Waals surface area contributed by atoms with E-state index in [1.807, 2.05) is 42.5 Å². The number of furan rings is 1. The van der Waals surface area contributed by atoms with Crippen LogP contribution in [-0.4, -0.2) is 20.8 Å². The second kappa shape index (κ2) is 8.55. The average molecular weight is 425 g/mol. The first-order chi connectivity index (χ1) is 14.1. The topological polar surface area (TPSA) is 73.0 Å². The second-order valence-corrected chi connectivity index (χ2v) is 7.63. The Balaban J connectivity index is 1.48. The zero-order valence-electron chi connectivity index (χ0n) is 15.5. The molecule has 2 aromatic carbocycles. The summed E-state index contributed by atoms with van der Waals surface area (Å²) in [6.07, 6.45) is 0. The lowest BCUT2D eigenvalue weighted by atomic mass is 10.2. The maximum Gasteiger partial charge on any atom is 0.305 e. The fourth-order valence-corrected chi connectivity index (χ4v) is 3.78. The molecule has 1 N–H and O–H groups in total. The van der Waals surface area contributed by atoms with E-state index in [0.29, 0.717) is 27.5 Å². The van der Waals surface area contributed by atoms with Gasteiger partial charge in [0.2, 0.25) is 5.16 Å². The summed E-state index contributed by atoms with van der Waals surface area (Å²) in [6, 6.07) is 20.7. The van der Waals surface area contributed by atoms with Crippen LogP contribution >= 0.6 is 23.4 Å². The van der Waals surface area contributed by atoms with Gasteiger partial charge in [-0.2, -0.15) is 0 Å². The highest BCUT2D eigenvalue weighted by atomic mass is 35.5. The predicted molar refractivity (Wildman–Crippen MR) is 114 cm³/mol. The Morgan fingerprint density at radius 3 is 2.72 bits per heavy atom. The summed E-state index contributed by atoms with van der Waals surface area (Å²) in [4.78, 5) is 12.7. The molecule has 0 fully saturated rings. The largest absolute Gasteiger partial charge is 0.451 e. The molecule has 0 radical (unpaired) electrons. The summed E-state index contributed by atoms with van der Waals surface area (Å²) in [5.74, 6) is 1.66. The molecule has 0 unspecified atom stereocenters. The second-order valence-electron chi connectivity index (χ2n) is 6.25. The minimum atomic E-state index is -0.386. The number of carbonyl (C=O) groups excluding carboxylic acids is 1. The molecule has 0 bridgehead atoms. The predicted octanol–water partition coefficient (Wildman–Crippen LogP) is 5.18. The van der Waals surface area contributed by atoms with Crippen molar-refractivity contribution >= 4 is 29.3 Å². The average Bonchev–Trinajstić information content (AvgIpc) is 3.35. The lowest BCUT2D eigenvalue weighted by molar-refractivity contribution is 0.0980. The first kappa shape index (κ1) is 19.3. The van der Waals surface area contributed by atoms with Gasteiger partial charge in [0.15, 0.2) is 5.76 Å². The first-order valence-electron chi connectivity index (χ1n) is 8.86. The number of rotatable bonds is 6. The highest BCUT2D eigenvalue weighted by molar-refractivity contribution is 7.98. The van der Waals surface area contributed by atoms with E-state index in [4.69, 9.17) is 16.0 Å². The molecule has 0 spiro atoms. The van der Waals surface area contributed by atoms with Crippen molar-refractivity contribution in [3.63, 3.8) is 0 Å². The van der Waals surface area contributed by atoms with Crippen LogP contribution in [0.3, 0.4) is 0 Å². The van der Waals surface area contributed by atoms with Crippen molar-refractivity contribution in [3.05, 3.63) is 88.9 Å². The molecule has 0 aliphatic carbocycles. The van der Waals surface area contributed by atoms with Crippen molar-refractivity contribution in [2.75, 3.05) is 5.43 Å². The molecule has 6 nitrogen and oxygen atoms in total. The molecular formula is C21H17ClN4O2S.